The van der Waals surface area contributed by atoms with Crippen LogP contribution in [0, 0.1) is 0 Å². The highest BCUT2D eigenvalue weighted by molar-refractivity contribution is 5.98. The van der Waals surface area contributed by atoms with Gasteiger partial charge < -0.3 is 15.8 Å². The van der Waals surface area contributed by atoms with Gasteiger partial charge >= 0.3 is 0 Å². The van der Waals surface area contributed by atoms with E-state index in [1.165, 1.54) is 0 Å². The van der Waals surface area contributed by atoms with E-state index >= 15 is 0 Å². The number of rotatable bonds is 6. The summed E-state index contributed by atoms with van der Waals surface area (Å²) in [6.45, 7) is 6.99. The molecular formula is C16H25N3O2. The molecule has 1 aliphatic heterocycles. The van der Waals surface area contributed by atoms with Gasteiger partial charge in [-0.25, -0.2) is 0 Å². The van der Waals surface area contributed by atoms with Crippen molar-refractivity contribution in [3.05, 3.63) is 23.8 Å². The minimum Gasteiger partial charge on any atom is -0.491 e. The Bertz CT molecular complexity index is 469. The van der Waals surface area contributed by atoms with Gasteiger partial charge in [0.25, 0.3) is 0 Å². The average molecular weight is 291 g/mol. The number of anilines is 1. The van der Waals surface area contributed by atoms with E-state index in [0.29, 0.717) is 30.2 Å². The molecule has 1 aromatic carbocycles. The third kappa shape index (κ3) is 4.72. The van der Waals surface area contributed by atoms with Gasteiger partial charge in [-0.2, -0.15) is 0 Å². The molecule has 0 amide bonds. The molecule has 2 rings (SSSR count). The first kappa shape index (κ1) is 15.8. The molecule has 116 valence electrons. The first-order chi connectivity index (χ1) is 10.2. The van der Waals surface area contributed by atoms with E-state index in [0.717, 1.165) is 39.0 Å². The van der Waals surface area contributed by atoms with Crippen molar-refractivity contribution in [1.82, 2.24) is 10.2 Å². The molecule has 1 heterocycles. The molecular weight excluding hydrogens is 266 g/mol. The summed E-state index contributed by atoms with van der Waals surface area (Å²) in [5.74, 6) is 0.776. The number of nitrogens with zero attached hydrogens (tertiary/aromatic N) is 1. The molecule has 5 heteroatoms. The van der Waals surface area contributed by atoms with Crippen molar-refractivity contribution in [2.24, 2.45) is 0 Å². The Morgan fingerprint density at radius 1 is 1.38 bits per heavy atom. The van der Waals surface area contributed by atoms with E-state index in [4.69, 9.17) is 10.5 Å². The summed E-state index contributed by atoms with van der Waals surface area (Å²) in [4.78, 5) is 14.5. The Labute approximate surface area is 126 Å². The molecule has 0 saturated carbocycles. The van der Waals surface area contributed by atoms with Gasteiger partial charge in [0.2, 0.25) is 0 Å². The number of hydrogen-bond acceptors (Lipinski definition) is 5. The number of nitrogen functional groups attached to an aromatic ring is 1. The summed E-state index contributed by atoms with van der Waals surface area (Å²) in [7, 11) is 0. The fourth-order valence-corrected chi connectivity index (χ4v) is 2.42. The Balaban J connectivity index is 1.96. The van der Waals surface area contributed by atoms with Gasteiger partial charge in [-0.3, -0.25) is 9.69 Å². The molecule has 0 unspecified atom stereocenters. The number of nitrogens with one attached hydrogen (secondary N) is 1. The van der Waals surface area contributed by atoms with Gasteiger partial charge in [-0.15, -0.1) is 0 Å². The maximum absolute atomic E-state index is 12.3. The minimum atomic E-state index is 0.116. The molecule has 21 heavy (non-hydrogen) atoms. The molecule has 1 aliphatic rings. The highest BCUT2D eigenvalue weighted by Gasteiger charge is 2.15. The lowest BCUT2D eigenvalue weighted by Gasteiger charge is -2.18. The first-order valence-electron chi connectivity index (χ1n) is 7.69. The van der Waals surface area contributed by atoms with Crippen LogP contribution in [0.2, 0.25) is 0 Å². The van der Waals surface area contributed by atoms with Crippen molar-refractivity contribution < 1.29 is 9.53 Å². The molecule has 1 saturated heterocycles. The van der Waals surface area contributed by atoms with Gasteiger partial charge in [0.1, 0.15) is 5.75 Å². The van der Waals surface area contributed by atoms with Crippen LogP contribution in [0.4, 0.5) is 5.69 Å². The molecule has 1 aromatic rings. The molecule has 0 aromatic heterocycles. The second kappa shape index (κ2) is 8.00. The van der Waals surface area contributed by atoms with Gasteiger partial charge in [-0.1, -0.05) is 6.92 Å². The monoisotopic (exact) mass is 291 g/mol. The average Bonchev–Trinajstić information content (AvgIpc) is 2.74. The smallest absolute Gasteiger partial charge is 0.176 e. The van der Waals surface area contributed by atoms with Crippen LogP contribution >= 0.6 is 0 Å². The lowest BCUT2D eigenvalue weighted by Crippen LogP contribution is -2.33. The van der Waals surface area contributed by atoms with Gasteiger partial charge in [0, 0.05) is 18.7 Å². The lowest BCUT2D eigenvalue weighted by atomic mass is 10.1. The number of benzene rings is 1. The fraction of sp³-hybridized carbons (Fsp3) is 0.562. The van der Waals surface area contributed by atoms with Crippen molar-refractivity contribution >= 4 is 11.5 Å². The second-order valence-corrected chi connectivity index (χ2v) is 5.40. The minimum absolute atomic E-state index is 0.116. The van der Waals surface area contributed by atoms with Crippen LogP contribution in [0.5, 0.6) is 5.75 Å². The standard InChI is InChI=1S/C16H25N3O2/c1-2-10-21-16-5-4-13(11-14(16)17)15(20)12-19-8-3-6-18-7-9-19/h4-5,11,18H,2-3,6-10,12,17H2,1H3. The molecule has 1 fully saturated rings. The maximum atomic E-state index is 12.3. The predicted octanol–water partition coefficient (Wildman–Crippen LogP) is 1.54. The quantitative estimate of drug-likeness (QED) is 0.614. The number of carbonyl (C=O) groups is 1. The molecule has 0 radical (unpaired) electrons. The summed E-state index contributed by atoms with van der Waals surface area (Å²) in [6.07, 6.45) is 2.02. The number of carbonyl (C=O) groups excluding carboxylic acids is 1. The zero-order valence-electron chi connectivity index (χ0n) is 12.7. The van der Waals surface area contributed by atoms with E-state index < -0.39 is 0 Å². The van der Waals surface area contributed by atoms with Crippen molar-refractivity contribution in [3.8, 4) is 5.75 Å². The Morgan fingerprint density at radius 3 is 3.00 bits per heavy atom. The van der Waals surface area contributed by atoms with Gasteiger partial charge in [0.15, 0.2) is 5.78 Å². The summed E-state index contributed by atoms with van der Waals surface area (Å²) in [5, 5.41) is 3.34. The fourth-order valence-electron chi connectivity index (χ4n) is 2.42. The molecule has 0 aliphatic carbocycles. The lowest BCUT2D eigenvalue weighted by molar-refractivity contribution is 0.0935. The highest BCUT2D eigenvalue weighted by atomic mass is 16.5. The maximum Gasteiger partial charge on any atom is 0.176 e. The largest absolute Gasteiger partial charge is 0.491 e. The van der Waals surface area contributed by atoms with Crippen LogP contribution < -0.4 is 15.8 Å². The predicted molar refractivity (Wildman–Crippen MR) is 84.9 cm³/mol. The molecule has 0 bridgehead atoms. The first-order valence-corrected chi connectivity index (χ1v) is 7.69. The van der Waals surface area contributed by atoms with E-state index in [1.807, 2.05) is 6.92 Å². The molecule has 3 N–H and O–H groups in total. The van der Waals surface area contributed by atoms with Crippen molar-refractivity contribution in [2.75, 3.05) is 45.1 Å². The number of ketones is 1. The van der Waals surface area contributed by atoms with Crippen molar-refractivity contribution in [1.29, 1.82) is 0 Å². The Morgan fingerprint density at radius 2 is 2.24 bits per heavy atom. The number of Topliss-reactive ketones (excluding diaryl/α,β-unsaturated/α-hetero) is 1. The number of nitrogens with two attached hydrogens (primary N) is 1. The van der Waals surface area contributed by atoms with Crippen LogP contribution in [0.15, 0.2) is 18.2 Å². The van der Waals surface area contributed by atoms with Gasteiger partial charge in [-0.05, 0) is 44.1 Å². The van der Waals surface area contributed by atoms with Crippen LogP contribution in [0.25, 0.3) is 0 Å². The summed E-state index contributed by atoms with van der Waals surface area (Å²) in [6, 6.07) is 5.32. The topological polar surface area (TPSA) is 67.6 Å². The SMILES string of the molecule is CCCOc1ccc(C(=O)CN2CCCNCC2)cc1N. The van der Waals surface area contributed by atoms with Crippen LogP contribution in [-0.4, -0.2) is 50.0 Å². The van der Waals surface area contributed by atoms with Crippen LogP contribution in [0.3, 0.4) is 0 Å². The zero-order chi connectivity index (χ0) is 15.1. The Kier molecular flexibility index (Phi) is 6.02. The summed E-state index contributed by atoms with van der Waals surface area (Å²) >= 11 is 0. The highest BCUT2D eigenvalue weighted by Crippen LogP contribution is 2.23. The van der Waals surface area contributed by atoms with Gasteiger partial charge in [0.05, 0.1) is 18.8 Å². The molecule has 0 spiro atoms. The Hall–Kier alpha value is -1.59. The van der Waals surface area contributed by atoms with Crippen LogP contribution in [-0.2, 0) is 0 Å². The zero-order valence-corrected chi connectivity index (χ0v) is 12.7. The molecule has 0 atom stereocenters. The summed E-state index contributed by atoms with van der Waals surface area (Å²) in [5.41, 5.74) is 7.15. The van der Waals surface area contributed by atoms with Crippen LogP contribution in [0.1, 0.15) is 30.1 Å². The number of ether oxygens (including phenoxy) is 1. The van der Waals surface area contributed by atoms with E-state index in [9.17, 15) is 4.79 Å². The second-order valence-electron chi connectivity index (χ2n) is 5.40. The third-order valence-electron chi connectivity index (χ3n) is 3.59. The summed E-state index contributed by atoms with van der Waals surface area (Å²) < 4.78 is 5.53. The number of hydrogen-bond donors (Lipinski definition) is 2. The van der Waals surface area contributed by atoms with E-state index in [1.54, 1.807) is 18.2 Å². The molecule has 5 nitrogen and oxygen atoms in total. The third-order valence-corrected chi connectivity index (χ3v) is 3.59. The van der Waals surface area contributed by atoms with Crippen molar-refractivity contribution in [2.45, 2.75) is 19.8 Å². The van der Waals surface area contributed by atoms with E-state index in [-0.39, 0.29) is 5.78 Å². The normalized spacial score (nSPS) is 16.4. The van der Waals surface area contributed by atoms with E-state index in [2.05, 4.69) is 10.2 Å². The van der Waals surface area contributed by atoms with Crippen molar-refractivity contribution in [3.63, 3.8) is 0 Å².